The van der Waals surface area contributed by atoms with Crippen molar-refractivity contribution < 1.29 is 19.0 Å². The molecule has 0 saturated carbocycles. The normalized spacial score (nSPS) is 19.4. The number of urea groups is 1. The Morgan fingerprint density at radius 1 is 1.62 bits per heavy atom. The summed E-state index contributed by atoms with van der Waals surface area (Å²) in [4.78, 5) is 14.0. The average molecular weight is 296 g/mol. The predicted octanol–water partition coefficient (Wildman–Crippen LogP) is 2.60. The Morgan fingerprint density at radius 3 is 3.05 bits per heavy atom. The van der Waals surface area contributed by atoms with E-state index in [1.54, 1.807) is 11.8 Å². The van der Waals surface area contributed by atoms with Crippen molar-refractivity contribution in [3.8, 4) is 5.75 Å². The van der Waals surface area contributed by atoms with Crippen molar-refractivity contribution in [2.75, 3.05) is 19.0 Å². The quantitative estimate of drug-likeness (QED) is 0.897. The Kier molecular flexibility index (Phi) is 5.01. The molecule has 1 heterocycles. The van der Waals surface area contributed by atoms with E-state index in [0.29, 0.717) is 24.4 Å². The van der Waals surface area contributed by atoms with Crippen molar-refractivity contribution in [1.82, 2.24) is 4.90 Å². The van der Waals surface area contributed by atoms with Crippen LogP contribution in [0.25, 0.3) is 0 Å². The van der Waals surface area contributed by atoms with Crippen molar-refractivity contribution in [2.24, 2.45) is 0 Å². The summed E-state index contributed by atoms with van der Waals surface area (Å²) in [5.41, 5.74) is 0.310. The molecular formula is C15H21FN2O3. The first-order valence-electron chi connectivity index (χ1n) is 7.10. The number of ether oxygens (including phenoxy) is 1. The van der Waals surface area contributed by atoms with E-state index in [1.807, 2.05) is 0 Å². The lowest BCUT2D eigenvalue weighted by Gasteiger charge is -2.26. The van der Waals surface area contributed by atoms with Crippen LogP contribution in [0.5, 0.6) is 5.75 Å². The summed E-state index contributed by atoms with van der Waals surface area (Å²) in [6, 6.07) is 3.71. The van der Waals surface area contributed by atoms with E-state index in [9.17, 15) is 14.3 Å². The van der Waals surface area contributed by atoms with Gasteiger partial charge in [-0.1, -0.05) is 0 Å². The summed E-state index contributed by atoms with van der Waals surface area (Å²) < 4.78 is 18.4. The summed E-state index contributed by atoms with van der Waals surface area (Å²) >= 11 is 0. The number of benzene rings is 1. The highest BCUT2D eigenvalue weighted by Crippen LogP contribution is 2.27. The molecule has 2 atom stereocenters. The summed E-state index contributed by atoms with van der Waals surface area (Å²) in [5.74, 6) is -0.0240. The standard InChI is InChI=1S/C15H21FN2O3/c1-10(19)8-12-4-3-7-18(12)15(20)17-13-9-11(16)5-6-14(13)21-2/h5-6,9-10,12,19H,3-4,7-8H2,1-2H3,(H,17,20). The number of nitrogens with one attached hydrogen (secondary N) is 1. The Morgan fingerprint density at radius 2 is 2.38 bits per heavy atom. The van der Waals surface area contributed by atoms with Gasteiger partial charge in [-0.25, -0.2) is 9.18 Å². The van der Waals surface area contributed by atoms with Crippen LogP contribution in [0.2, 0.25) is 0 Å². The molecule has 0 aliphatic carbocycles. The second kappa shape index (κ2) is 6.76. The van der Waals surface area contributed by atoms with E-state index in [1.165, 1.54) is 25.3 Å². The van der Waals surface area contributed by atoms with Crippen LogP contribution in [0.3, 0.4) is 0 Å². The molecule has 2 unspecified atom stereocenters. The number of aliphatic hydroxyl groups excluding tert-OH is 1. The fourth-order valence-corrected chi connectivity index (χ4v) is 2.71. The number of anilines is 1. The summed E-state index contributed by atoms with van der Waals surface area (Å²) in [7, 11) is 1.47. The lowest BCUT2D eigenvalue weighted by molar-refractivity contribution is 0.142. The summed E-state index contributed by atoms with van der Waals surface area (Å²) in [5, 5.41) is 12.2. The number of amides is 2. The number of likely N-dealkylation sites (tertiary alicyclic amines) is 1. The van der Waals surface area contributed by atoms with E-state index in [4.69, 9.17) is 4.74 Å². The van der Waals surface area contributed by atoms with Gasteiger partial charge in [-0.15, -0.1) is 0 Å². The molecule has 1 aliphatic heterocycles. The second-order valence-corrected chi connectivity index (χ2v) is 5.35. The highest BCUT2D eigenvalue weighted by molar-refractivity contribution is 5.91. The SMILES string of the molecule is COc1ccc(F)cc1NC(=O)N1CCCC1CC(C)O. The Bertz CT molecular complexity index is 508. The van der Waals surface area contributed by atoms with E-state index in [0.717, 1.165) is 12.8 Å². The van der Waals surface area contributed by atoms with Gasteiger partial charge in [0, 0.05) is 18.7 Å². The van der Waals surface area contributed by atoms with Crippen molar-refractivity contribution in [1.29, 1.82) is 0 Å². The fourth-order valence-electron chi connectivity index (χ4n) is 2.71. The van der Waals surface area contributed by atoms with E-state index >= 15 is 0 Å². The van der Waals surface area contributed by atoms with Crippen LogP contribution in [-0.2, 0) is 0 Å². The molecule has 21 heavy (non-hydrogen) atoms. The minimum absolute atomic E-state index is 0.0181. The van der Waals surface area contributed by atoms with Gasteiger partial charge < -0.3 is 20.1 Å². The molecule has 0 aromatic heterocycles. The maximum Gasteiger partial charge on any atom is 0.322 e. The molecule has 0 spiro atoms. The van der Waals surface area contributed by atoms with Gasteiger partial charge in [-0.2, -0.15) is 0 Å². The predicted molar refractivity (Wildman–Crippen MR) is 78.0 cm³/mol. The first kappa shape index (κ1) is 15.6. The van der Waals surface area contributed by atoms with Gasteiger partial charge in [0.15, 0.2) is 0 Å². The molecule has 5 nitrogen and oxygen atoms in total. The highest BCUT2D eigenvalue weighted by Gasteiger charge is 2.29. The first-order chi connectivity index (χ1) is 10.0. The van der Waals surface area contributed by atoms with Gasteiger partial charge in [-0.3, -0.25) is 0 Å². The molecule has 6 heteroatoms. The third kappa shape index (κ3) is 3.85. The zero-order valence-corrected chi connectivity index (χ0v) is 12.3. The van der Waals surface area contributed by atoms with E-state index in [-0.39, 0.29) is 12.1 Å². The van der Waals surface area contributed by atoms with E-state index in [2.05, 4.69) is 5.32 Å². The van der Waals surface area contributed by atoms with Crippen molar-refractivity contribution in [3.63, 3.8) is 0 Å². The third-order valence-corrected chi connectivity index (χ3v) is 3.65. The Labute approximate surface area is 123 Å². The van der Waals surface area contributed by atoms with Gasteiger partial charge in [0.25, 0.3) is 0 Å². The fraction of sp³-hybridized carbons (Fsp3) is 0.533. The zero-order valence-electron chi connectivity index (χ0n) is 12.3. The molecule has 116 valence electrons. The lowest BCUT2D eigenvalue weighted by atomic mass is 10.1. The van der Waals surface area contributed by atoms with Gasteiger partial charge in [0.2, 0.25) is 0 Å². The number of aliphatic hydroxyl groups is 1. The molecule has 2 N–H and O–H groups in total. The molecule has 1 aromatic carbocycles. The van der Waals surface area contributed by atoms with E-state index < -0.39 is 11.9 Å². The van der Waals surface area contributed by atoms with Crippen LogP contribution >= 0.6 is 0 Å². The Balaban J connectivity index is 2.08. The van der Waals surface area contributed by atoms with Crippen LogP contribution in [0.1, 0.15) is 26.2 Å². The first-order valence-corrected chi connectivity index (χ1v) is 7.10. The Hall–Kier alpha value is -1.82. The number of hydrogen-bond acceptors (Lipinski definition) is 3. The highest BCUT2D eigenvalue weighted by atomic mass is 19.1. The molecule has 2 amide bonds. The van der Waals surface area contributed by atoms with Gasteiger partial charge in [0.1, 0.15) is 11.6 Å². The summed E-state index contributed by atoms with van der Waals surface area (Å²) in [6.45, 7) is 2.35. The van der Waals surface area contributed by atoms with Gasteiger partial charge in [-0.05, 0) is 38.3 Å². The molecule has 0 radical (unpaired) electrons. The number of rotatable bonds is 4. The number of carbonyl (C=O) groups is 1. The topological polar surface area (TPSA) is 61.8 Å². The van der Waals surface area contributed by atoms with Crippen molar-refractivity contribution >= 4 is 11.7 Å². The smallest absolute Gasteiger partial charge is 0.322 e. The zero-order chi connectivity index (χ0) is 15.4. The molecule has 1 saturated heterocycles. The van der Waals surface area contributed by atoms with Crippen molar-refractivity contribution in [2.45, 2.75) is 38.3 Å². The van der Waals surface area contributed by atoms with Crippen LogP contribution in [0.4, 0.5) is 14.9 Å². The molecule has 1 aliphatic rings. The molecular weight excluding hydrogens is 275 g/mol. The van der Waals surface area contributed by atoms with Crippen LogP contribution in [0.15, 0.2) is 18.2 Å². The lowest BCUT2D eigenvalue weighted by Crippen LogP contribution is -2.40. The minimum atomic E-state index is -0.452. The second-order valence-electron chi connectivity index (χ2n) is 5.35. The molecule has 0 bridgehead atoms. The number of methoxy groups -OCH3 is 1. The van der Waals surface area contributed by atoms with Crippen LogP contribution in [-0.4, -0.2) is 41.8 Å². The number of hydrogen-bond donors (Lipinski definition) is 2. The third-order valence-electron chi connectivity index (χ3n) is 3.65. The minimum Gasteiger partial charge on any atom is -0.495 e. The van der Waals surface area contributed by atoms with Gasteiger partial charge in [0.05, 0.1) is 18.9 Å². The molecule has 2 rings (SSSR count). The average Bonchev–Trinajstić information content (AvgIpc) is 2.86. The van der Waals surface area contributed by atoms with Gasteiger partial charge >= 0.3 is 6.03 Å². The number of halogens is 1. The number of carbonyl (C=O) groups excluding carboxylic acids is 1. The maximum atomic E-state index is 13.3. The largest absolute Gasteiger partial charge is 0.495 e. The molecule has 1 fully saturated rings. The monoisotopic (exact) mass is 296 g/mol. The maximum absolute atomic E-state index is 13.3. The number of nitrogens with zero attached hydrogens (tertiary/aromatic N) is 1. The van der Waals surface area contributed by atoms with Crippen LogP contribution < -0.4 is 10.1 Å². The van der Waals surface area contributed by atoms with Crippen molar-refractivity contribution in [3.05, 3.63) is 24.0 Å². The summed E-state index contributed by atoms with van der Waals surface area (Å²) in [6.07, 6.45) is 1.88. The van der Waals surface area contributed by atoms with Crippen LogP contribution in [0, 0.1) is 5.82 Å². The molecule has 1 aromatic rings.